The number of carbonyl (C=O) groups excluding carboxylic acids is 1. The molecule has 1 saturated carbocycles. The number of alkyl halides is 2. The first-order chi connectivity index (χ1) is 14.7. The van der Waals surface area contributed by atoms with Gasteiger partial charge in [-0.05, 0) is 74.2 Å². The van der Waals surface area contributed by atoms with E-state index in [1.54, 1.807) is 12.1 Å². The second-order valence-electron chi connectivity index (χ2n) is 7.45. The van der Waals surface area contributed by atoms with Crippen LogP contribution < -0.4 is 20.1 Å². The molecule has 2 amide bonds. The molecule has 0 atom stereocenters. The van der Waals surface area contributed by atoms with Crippen LogP contribution in [0.1, 0.15) is 43.0 Å². The number of anilines is 1. The number of rotatable bonds is 7. The normalized spacial score (nSPS) is 18.7. The Morgan fingerprint density at radius 2 is 1.55 bits per heavy atom. The zero-order chi connectivity index (χ0) is 22.4. The van der Waals surface area contributed by atoms with Crippen LogP contribution in [0.5, 0.6) is 11.5 Å². The summed E-state index contributed by atoms with van der Waals surface area (Å²) in [6.45, 7) is 0.654. The van der Waals surface area contributed by atoms with Crippen LogP contribution in [0.15, 0.2) is 48.5 Å². The predicted molar refractivity (Wildman–Crippen MR) is 110 cm³/mol. The van der Waals surface area contributed by atoms with Crippen molar-refractivity contribution >= 4 is 17.7 Å². The van der Waals surface area contributed by atoms with E-state index < -0.39 is 12.1 Å². The number of aromatic carboxylic acids is 1. The quantitative estimate of drug-likeness (QED) is 0.577. The molecule has 2 aromatic rings. The van der Waals surface area contributed by atoms with Gasteiger partial charge in [-0.3, -0.25) is 0 Å². The zero-order valence-electron chi connectivity index (χ0n) is 16.9. The Hall–Kier alpha value is -3.36. The highest BCUT2D eigenvalue weighted by Gasteiger charge is 2.24. The second-order valence-corrected chi connectivity index (χ2v) is 7.45. The van der Waals surface area contributed by atoms with Crippen LogP contribution in [0.3, 0.4) is 0 Å². The summed E-state index contributed by atoms with van der Waals surface area (Å²) < 4.78 is 36.0. The number of benzene rings is 2. The van der Waals surface area contributed by atoms with Gasteiger partial charge >= 0.3 is 18.1 Å². The molecule has 9 heteroatoms. The van der Waals surface area contributed by atoms with E-state index in [2.05, 4.69) is 15.4 Å². The number of hydrogen-bond donors (Lipinski definition) is 3. The number of halogens is 2. The number of hydrogen-bond acceptors (Lipinski definition) is 4. The van der Waals surface area contributed by atoms with Crippen molar-refractivity contribution in [1.29, 1.82) is 0 Å². The largest absolute Gasteiger partial charge is 0.490 e. The lowest BCUT2D eigenvalue weighted by molar-refractivity contribution is -0.158. The van der Waals surface area contributed by atoms with Crippen molar-refractivity contribution in [3.8, 4) is 11.5 Å². The van der Waals surface area contributed by atoms with Gasteiger partial charge in [0.2, 0.25) is 0 Å². The van der Waals surface area contributed by atoms with Gasteiger partial charge in [-0.15, -0.1) is 0 Å². The van der Waals surface area contributed by atoms with E-state index >= 15 is 0 Å². The van der Waals surface area contributed by atoms with Crippen molar-refractivity contribution in [3.05, 3.63) is 54.1 Å². The first kappa shape index (κ1) is 22.3. The Morgan fingerprint density at radius 3 is 2.10 bits per heavy atom. The Kier molecular flexibility index (Phi) is 6.94. The third-order valence-corrected chi connectivity index (χ3v) is 4.82. The zero-order valence-corrected chi connectivity index (χ0v) is 16.9. The van der Waals surface area contributed by atoms with Crippen LogP contribution in [-0.4, -0.2) is 35.4 Å². The Bertz CT molecular complexity index is 890. The fourth-order valence-electron chi connectivity index (χ4n) is 3.36. The average molecular weight is 434 g/mol. The third kappa shape index (κ3) is 7.13. The number of carboxylic acid groups (broad SMARTS) is 1. The lowest BCUT2D eigenvalue weighted by Gasteiger charge is -2.29. The highest BCUT2D eigenvalue weighted by atomic mass is 19.3. The summed E-state index contributed by atoms with van der Waals surface area (Å²) in [5.74, 6) is -0.356. The Labute approximate surface area is 178 Å². The molecule has 0 radical (unpaired) electrons. The number of amides is 2. The van der Waals surface area contributed by atoms with Crippen LogP contribution in [0.4, 0.5) is 19.3 Å². The molecule has 2 aromatic carbocycles. The van der Waals surface area contributed by atoms with Gasteiger partial charge in [0.05, 0.1) is 11.7 Å². The molecule has 3 N–H and O–H groups in total. The van der Waals surface area contributed by atoms with Crippen molar-refractivity contribution in [2.75, 3.05) is 5.32 Å². The van der Waals surface area contributed by atoms with Crippen molar-refractivity contribution < 1.29 is 33.0 Å². The third-order valence-electron chi connectivity index (χ3n) is 4.82. The van der Waals surface area contributed by atoms with Gasteiger partial charge in [0.1, 0.15) is 11.5 Å². The Morgan fingerprint density at radius 1 is 0.968 bits per heavy atom. The fourth-order valence-corrected chi connectivity index (χ4v) is 3.36. The molecule has 1 aliphatic rings. The van der Waals surface area contributed by atoms with Crippen LogP contribution in [0.25, 0.3) is 0 Å². The van der Waals surface area contributed by atoms with Gasteiger partial charge in [-0.2, -0.15) is 8.78 Å². The summed E-state index contributed by atoms with van der Waals surface area (Å²) in [5.41, 5.74) is 0.669. The van der Waals surface area contributed by atoms with E-state index in [1.807, 2.05) is 0 Å². The van der Waals surface area contributed by atoms with Crippen LogP contribution in [0.2, 0.25) is 0 Å². The lowest BCUT2D eigenvalue weighted by Crippen LogP contribution is -2.41. The first-order valence-electron chi connectivity index (χ1n) is 9.92. The van der Waals surface area contributed by atoms with Crippen LogP contribution >= 0.6 is 0 Å². The lowest BCUT2D eigenvalue weighted by atomic mass is 9.93. The fraction of sp³-hybridized carbons (Fsp3) is 0.364. The SMILES string of the molecule is CC(F)(F)Oc1ccc(NC(=O)N[C@H]2CC[C@H](Oc3ccc(C(=O)O)cc3)CC2)cc1. The van der Waals surface area contributed by atoms with E-state index in [9.17, 15) is 18.4 Å². The molecule has 3 rings (SSSR count). The van der Waals surface area contributed by atoms with Gasteiger partial charge in [0.25, 0.3) is 0 Å². The van der Waals surface area contributed by atoms with Gasteiger partial charge < -0.3 is 25.2 Å². The van der Waals surface area contributed by atoms with E-state index in [1.165, 1.54) is 36.4 Å². The monoisotopic (exact) mass is 434 g/mol. The molecule has 31 heavy (non-hydrogen) atoms. The molecule has 0 spiro atoms. The molecular weight excluding hydrogens is 410 g/mol. The molecular formula is C22H24F2N2O5. The molecule has 0 bridgehead atoms. The average Bonchev–Trinajstić information content (AvgIpc) is 2.70. The highest BCUT2D eigenvalue weighted by Crippen LogP contribution is 2.25. The van der Waals surface area contributed by atoms with Crippen LogP contribution in [0, 0.1) is 0 Å². The maximum atomic E-state index is 12.8. The smallest absolute Gasteiger partial charge is 0.394 e. The molecule has 7 nitrogen and oxygen atoms in total. The number of nitrogens with one attached hydrogen (secondary N) is 2. The van der Waals surface area contributed by atoms with E-state index in [0.717, 1.165) is 25.7 Å². The maximum absolute atomic E-state index is 12.8. The molecule has 0 aliphatic heterocycles. The van der Waals surface area contributed by atoms with E-state index in [4.69, 9.17) is 9.84 Å². The molecule has 0 heterocycles. The van der Waals surface area contributed by atoms with Gasteiger partial charge in [0, 0.05) is 18.7 Å². The summed E-state index contributed by atoms with van der Waals surface area (Å²) >= 11 is 0. The number of carbonyl (C=O) groups is 2. The molecule has 1 fully saturated rings. The van der Waals surface area contributed by atoms with Crippen molar-refractivity contribution in [3.63, 3.8) is 0 Å². The highest BCUT2D eigenvalue weighted by molar-refractivity contribution is 5.89. The summed E-state index contributed by atoms with van der Waals surface area (Å²) in [4.78, 5) is 23.1. The summed E-state index contributed by atoms with van der Waals surface area (Å²) in [5, 5.41) is 14.5. The van der Waals surface area contributed by atoms with Crippen molar-refractivity contribution in [1.82, 2.24) is 5.32 Å². The van der Waals surface area contributed by atoms with Gasteiger partial charge in [0.15, 0.2) is 0 Å². The topological polar surface area (TPSA) is 96.9 Å². The first-order valence-corrected chi connectivity index (χ1v) is 9.92. The van der Waals surface area contributed by atoms with E-state index in [-0.39, 0.29) is 29.5 Å². The van der Waals surface area contributed by atoms with Gasteiger partial charge in [-0.25, -0.2) is 9.59 Å². The predicted octanol–water partition coefficient (Wildman–Crippen LogP) is 4.89. The van der Waals surface area contributed by atoms with Crippen molar-refractivity contribution in [2.24, 2.45) is 0 Å². The Balaban J connectivity index is 1.41. The summed E-state index contributed by atoms with van der Waals surface area (Å²) in [6.07, 6.45) is -0.281. The number of carboxylic acids is 1. The summed E-state index contributed by atoms with van der Waals surface area (Å²) in [7, 11) is 0. The second kappa shape index (κ2) is 9.63. The maximum Gasteiger partial charge on any atom is 0.394 e. The minimum Gasteiger partial charge on any atom is -0.490 e. The van der Waals surface area contributed by atoms with E-state index in [0.29, 0.717) is 18.4 Å². The summed E-state index contributed by atoms with van der Waals surface area (Å²) in [6, 6.07) is 11.6. The molecule has 0 unspecified atom stereocenters. The van der Waals surface area contributed by atoms with Crippen molar-refractivity contribution in [2.45, 2.75) is 50.9 Å². The standard InChI is InChI=1S/C22H24F2N2O5/c1-22(23,24)31-19-12-6-16(7-13-19)26-21(29)25-15-4-10-18(11-5-15)30-17-8-2-14(3-9-17)20(27)28/h2-3,6-9,12-13,15,18H,4-5,10-11H2,1H3,(H,27,28)(H2,25,26,29)/t15-,18-. The molecule has 1 aliphatic carbocycles. The minimum atomic E-state index is -3.27. The number of urea groups is 1. The molecule has 0 aromatic heterocycles. The van der Waals surface area contributed by atoms with Crippen LogP contribution in [-0.2, 0) is 0 Å². The minimum absolute atomic E-state index is 0.000951. The molecule has 166 valence electrons. The molecule has 0 saturated heterocycles. The van der Waals surface area contributed by atoms with Gasteiger partial charge in [-0.1, -0.05) is 0 Å². The number of ether oxygens (including phenoxy) is 2.